The maximum absolute atomic E-state index is 5.92. The molecule has 0 amide bonds. The molecule has 0 heterocycles. The average Bonchev–Trinajstić information content (AvgIpc) is 2.15. The third-order valence-electron chi connectivity index (χ3n) is 1.80. The second kappa shape index (κ2) is 6.15. The fourth-order valence-electron chi connectivity index (χ4n) is 1.05. The summed E-state index contributed by atoms with van der Waals surface area (Å²) in [6.07, 6.45) is 3.02. The molecule has 0 N–H and O–H groups in total. The number of unbranched alkanes of at least 4 members (excludes halogenated alkanes) is 2. The Morgan fingerprint density at radius 2 is 2.00 bits per heavy atom. The smallest absolute Gasteiger partial charge is 0.137 e. The Balaban J connectivity index is 2.42. The summed E-state index contributed by atoms with van der Waals surface area (Å²) in [6.45, 7) is 4.44. The second-order valence-electron chi connectivity index (χ2n) is 2.98. The van der Waals surface area contributed by atoms with Gasteiger partial charge in [-0.15, -0.1) is 0 Å². The van der Waals surface area contributed by atoms with E-state index in [1.165, 1.54) is 0 Å². The summed E-state index contributed by atoms with van der Waals surface area (Å²) in [5.41, 5.74) is 0. The van der Waals surface area contributed by atoms with Crippen molar-refractivity contribution in [1.82, 2.24) is 0 Å². The Bertz CT molecular complexity index is 287. The number of halogens is 2. The molecule has 14 heavy (non-hydrogen) atoms. The van der Waals surface area contributed by atoms with E-state index in [9.17, 15) is 0 Å². The molecule has 0 saturated carbocycles. The lowest BCUT2D eigenvalue weighted by atomic mass is 10.3. The van der Waals surface area contributed by atoms with Gasteiger partial charge in [0.1, 0.15) is 5.75 Å². The van der Waals surface area contributed by atoms with Gasteiger partial charge >= 0.3 is 0 Å². The average molecular weight is 232 g/mol. The van der Waals surface area contributed by atoms with E-state index in [1.807, 2.05) is 0 Å². The lowest BCUT2D eigenvalue weighted by Gasteiger charge is -2.07. The molecule has 0 aromatic heterocycles. The van der Waals surface area contributed by atoms with Gasteiger partial charge in [-0.25, -0.2) is 0 Å². The van der Waals surface area contributed by atoms with Gasteiger partial charge in [0.15, 0.2) is 0 Å². The molecule has 0 aliphatic carbocycles. The maximum atomic E-state index is 5.92. The number of rotatable bonds is 5. The summed E-state index contributed by atoms with van der Waals surface area (Å²) in [5.74, 6) is 0.695. The molecular weight excluding hydrogens is 219 g/mol. The van der Waals surface area contributed by atoms with E-state index in [2.05, 4.69) is 6.92 Å². The van der Waals surface area contributed by atoms with Gasteiger partial charge < -0.3 is 4.74 Å². The van der Waals surface area contributed by atoms with E-state index < -0.39 is 0 Å². The third-order valence-corrected chi connectivity index (χ3v) is 2.33. The monoisotopic (exact) mass is 231 g/mol. The van der Waals surface area contributed by atoms with E-state index in [0.717, 1.165) is 19.3 Å². The summed E-state index contributed by atoms with van der Waals surface area (Å²) >= 11 is 11.7. The zero-order valence-corrected chi connectivity index (χ0v) is 9.44. The van der Waals surface area contributed by atoms with Crippen molar-refractivity contribution in [2.45, 2.75) is 19.3 Å². The molecule has 1 rings (SSSR count). The van der Waals surface area contributed by atoms with Crippen LogP contribution in [0.2, 0.25) is 10.0 Å². The molecule has 1 radical (unpaired) electrons. The Morgan fingerprint density at radius 1 is 1.21 bits per heavy atom. The molecule has 0 fully saturated rings. The minimum Gasteiger partial charge on any atom is -0.492 e. The van der Waals surface area contributed by atoms with Gasteiger partial charge in [0.25, 0.3) is 0 Å². The molecule has 1 aromatic rings. The highest BCUT2D eigenvalue weighted by atomic mass is 35.5. The van der Waals surface area contributed by atoms with Gasteiger partial charge in [-0.05, 0) is 24.6 Å². The first-order valence-electron chi connectivity index (χ1n) is 4.61. The van der Waals surface area contributed by atoms with E-state index in [-0.39, 0.29) is 0 Å². The highest BCUT2D eigenvalue weighted by Gasteiger charge is 2.01. The van der Waals surface area contributed by atoms with Crippen LogP contribution < -0.4 is 4.74 Å². The third kappa shape index (κ3) is 3.77. The highest BCUT2D eigenvalue weighted by molar-refractivity contribution is 6.35. The van der Waals surface area contributed by atoms with Crippen molar-refractivity contribution < 1.29 is 4.74 Å². The molecule has 0 bridgehead atoms. The van der Waals surface area contributed by atoms with Crippen LogP contribution in [0.15, 0.2) is 18.2 Å². The van der Waals surface area contributed by atoms with Crippen LogP contribution in [-0.4, -0.2) is 6.61 Å². The SMILES string of the molecule is [CH2]CCCCOc1ccc(Cl)cc1Cl. The fraction of sp³-hybridized carbons (Fsp3) is 0.364. The van der Waals surface area contributed by atoms with Gasteiger partial charge in [-0.2, -0.15) is 0 Å². The summed E-state index contributed by atoms with van der Waals surface area (Å²) in [7, 11) is 0. The van der Waals surface area contributed by atoms with Crippen LogP contribution in [0.4, 0.5) is 0 Å². The lowest BCUT2D eigenvalue weighted by Crippen LogP contribution is -1.97. The predicted molar refractivity (Wildman–Crippen MR) is 61.2 cm³/mol. The largest absolute Gasteiger partial charge is 0.492 e. The van der Waals surface area contributed by atoms with Crippen molar-refractivity contribution in [2.75, 3.05) is 6.61 Å². The van der Waals surface area contributed by atoms with Crippen molar-refractivity contribution in [1.29, 1.82) is 0 Å². The minimum absolute atomic E-state index is 0.562. The molecule has 0 spiro atoms. The molecule has 3 heteroatoms. The molecule has 0 aliphatic heterocycles. The van der Waals surface area contributed by atoms with E-state index >= 15 is 0 Å². The summed E-state index contributed by atoms with van der Waals surface area (Å²) in [6, 6.07) is 5.23. The molecule has 77 valence electrons. The molecule has 0 atom stereocenters. The topological polar surface area (TPSA) is 9.23 Å². The van der Waals surface area contributed by atoms with Gasteiger partial charge in [0.2, 0.25) is 0 Å². The fourth-order valence-corrected chi connectivity index (χ4v) is 1.52. The maximum Gasteiger partial charge on any atom is 0.137 e. The zero-order chi connectivity index (χ0) is 10.4. The standard InChI is InChI=1S/C11H13Cl2O/c1-2-3-4-7-14-11-6-5-9(12)8-10(11)13/h5-6,8H,1-4,7H2. The minimum atomic E-state index is 0.562. The van der Waals surface area contributed by atoms with Crippen LogP contribution in [0.25, 0.3) is 0 Å². The Morgan fingerprint density at radius 3 is 2.64 bits per heavy atom. The normalized spacial score (nSPS) is 10.2. The van der Waals surface area contributed by atoms with E-state index in [0.29, 0.717) is 22.4 Å². The second-order valence-corrected chi connectivity index (χ2v) is 3.83. The Hall–Kier alpha value is -0.400. The van der Waals surface area contributed by atoms with Crippen molar-refractivity contribution in [3.05, 3.63) is 35.2 Å². The van der Waals surface area contributed by atoms with Crippen LogP contribution >= 0.6 is 23.2 Å². The predicted octanol–water partition coefficient (Wildman–Crippen LogP) is 4.38. The van der Waals surface area contributed by atoms with Crippen LogP contribution in [0.1, 0.15) is 19.3 Å². The van der Waals surface area contributed by atoms with Gasteiger partial charge in [-0.1, -0.05) is 43.0 Å². The van der Waals surface area contributed by atoms with Crippen molar-refractivity contribution in [3.63, 3.8) is 0 Å². The number of hydrogen-bond donors (Lipinski definition) is 0. The first kappa shape index (κ1) is 11.7. The molecule has 0 aliphatic rings. The molecule has 1 nitrogen and oxygen atoms in total. The van der Waals surface area contributed by atoms with Crippen molar-refractivity contribution >= 4 is 23.2 Å². The summed E-state index contributed by atoms with van der Waals surface area (Å²) < 4.78 is 5.48. The highest BCUT2D eigenvalue weighted by Crippen LogP contribution is 2.27. The van der Waals surface area contributed by atoms with Crippen LogP contribution in [0, 0.1) is 6.92 Å². The summed E-state index contributed by atoms with van der Waals surface area (Å²) in [5, 5.41) is 1.19. The zero-order valence-electron chi connectivity index (χ0n) is 7.93. The van der Waals surface area contributed by atoms with Gasteiger partial charge in [-0.3, -0.25) is 0 Å². The quantitative estimate of drug-likeness (QED) is 0.684. The van der Waals surface area contributed by atoms with Crippen LogP contribution in [-0.2, 0) is 0 Å². The Labute approximate surface area is 95.0 Å². The van der Waals surface area contributed by atoms with Crippen molar-refractivity contribution in [3.8, 4) is 5.75 Å². The number of hydrogen-bond acceptors (Lipinski definition) is 1. The van der Waals surface area contributed by atoms with Gasteiger partial charge in [0, 0.05) is 5.02 Å². The number of benzene rings is 1. The molecule has 0 unspecified atom stereocenters. The van der Waals surface area contributed by atoms with Crippen LogP contribution in [0.3, 0.4) is 0 Å². The van der Waals surface area contributed by atoms with E-state index in [4.69, 9.17) is 27.9 Å². The lowest BCUT2D eigenvalue weighted by molar-refractivity contribution is 0.307. The van der Waals surface area contributed by atoms with Crippen molar-refractivity contribution in [2.24, 2.45) is 0 Å². The Kier molecular flexibility index (Phi) is 5.13. The first-order valence-corrected chi connectivity index (χ1v) is 5.36. The van der Waals surface area contributed by atoms with E-state index in [1.54, 1.807) is 18.2 Å². The number of ether oxygens (including phenoxy) is 1. The van der Waals surface area contributed by atoms with Crippen LogP contribution in [0.5, 0.6) is 5.75 Å². The van der Waals surface area contributed by atoms with Gasteiger partial charge in [0.05, 0.1) is 11.6 Å². The molecule has 0 saturated heterocycles. The summed E-state index contributed by atoms with van der Waals surface area (Å²) in [4.78, 5) is 0. The molecule has 1 aromatic carbocycles. The first-order chi connectivity index (χ1) is 6.74. The molecular formula is C11H13Cl2O.